The van der Waals surface area contributed by atoms with Crippen molar-refractivity contribution in [3.63, 3.8) is 0 Å². The number of aliphatic hydroxyl groups is 1. The summed E-state index contributed by atoms with van der Waals surface area (Å²) in [6, 6.07) is 7.90. The van der Waals surface area contributed by atoms with Crippen LogP contribution in [0.2, 0.25) is 0 Å². The lowest BCUT2D eigenvalue weighted by atomic mass is 10.2. The predicted octanol–water partition coefficient (Wildman–Crippen LogP) is 2.68. The number of pyridine rings is 1. The van der Waals surface area contributed by atoms with E-state index in [2.05, 4.69) is 4.98 Å². The van der Waals surface area contributed by atoms with Gasteiger partial charge in [-0.1, -0.05) is 25.1 Å². The van der Waals surface area contributed by atoms with Gasteiger partial charge in [-0.3, -0.25) is 4.98 Å². The molecule has 1 aromatic carbocycles. The smallest absolute Gasteiger partial charge is 0.0714 e. The number of rotatable bonds is 3. The second kappa shape index (κ2) is 4.94. The van der Waals surface area contributed by atoms with Crippen LogP contribution in [0.5, 0.6) is 0 Å². The summed E-state index contributed by atoms with van der Waals surface area (Å²) >= 11 is 1.59. The molecule has 3 N–H and O–H groups in total. The largest absolute Gasteiger partial charge is 0.397 e. The minimum Gasteiger partial charge on any atom is -0.397 e. The molecular formula is C13H16N2OS. The number of nitrogens with zero attached hydrogens (tertiary/aromatic N) is 1. The maximum atomic E-state index is 9.57. The summed E-state index contributed by atoms with van der Waals surface area (Å²) in [5.41, 5.74) is 7.57. The van der Waals surface area contributed by atoms with Crippen molar-refractivity contribution >= 4 is 28.4 Å². The van der Waals surface area contributed by atoms with Crippen molar-refractivity contribution in [3.05, 3.63) is 30.5 Å². The number of fused-ring (bicyclic) bond motifs is 1. The van der Waals surface area contributed by atoms with Gasteiger partial charge in [0.25, 0.3) is 0 Å². The Hall–Kier alpha value is -1.26. The second-order valence-electron chi connectivity index (χ2n) is 4.12. The number of benzene rings is 1. The van der Waals surface area contributed by atoms with Crippen molar-refractivity contribution in [2.75, 3.05) is 5.73 Å². The lowest BCUT2D eigenvalue weighted by Gasteiger charge is -2.16. The van der Waals surface area contributed by atoms with E-state index < -0.39 is 0 Å². The van der Waals surface area contributed by atoms with E-state index in [1.54, 1.807) is 24.9 Å². The topological polar surface area (TPSA) is 59.1 Å². The Labute approximate surface area is 105 Å². The second-order valence-corrected chi connectivity index (χ2v) is 5.51. The third-order valence-corrected chi connectivity index (χ3v) is 4.19. The molecule has 0 spiro atoms. The molecule has 0 aliphatic carbocycles. The molecule has 3 nitrogen and oxygen atoms in total. The highest BCUT2D eigenvalue weighted by molar-refractivity contribution is 8.00. The molecule has 0 aliphatic heterocycles. The molecule has 0 saturated carbocycles. The zero-order valence-electron chi connectivity index (χ0n) is 9.92. The van der Waals surface area contributed by atoms with E-state index in [0.29, 0.717) is 5.69 Å². The third-order valence-electron chi connectivity index (χ3n) is 2.74. The van der Waals surface area contributed by atoms with Gasteiger partial charge in [0.1, 0.15) is 0 Å². The monoisotopic (exact) mass is 248 g/mol. The van der Waals surface area contributed by atoms with Crippen LogP contribution >= 0.6 is 11.8 Å². The maximum absolute atomic E-state index is 9.57. The van der Waals surface area contributed by atoms with Crippen LogP contribution in [0.1, 0.15) is 13.8 Å². The summed E-state index contributed by atoms with van der Waals surface area (Å²) in [7, 11) is 0. The average molecular weight is 248 g/mol. The number of hydrogen-bond donors (Lipinski definition) is 2. The average Bonchev–Trinajstić information content (AvgIpc) is 2.32. The van der Waals surface area contributed by atoms with E-state index in [0.717, 1.165) is 15.8 Å². The first-order chi connectivity index (χ1) is 8.09. The van der Waals surface area contributed by atoms with Crippen molar-refractivity contribution < 1.29 is 5.11 Å². The zero-order chi connectivity index (χ0) is 12.4. The number of aliphatic hydroxyl groups excluding tert-OH is 1. The zero-order valence-corrected chi connectivity index (χ0v) is 10.7. The number of anilines is 1. The van der Waals surface area contributed by atoms with Crippen LogP contribution in [-0.4, -0.2) is 21.4 Å². The van der Waals surface area contributed by atoms with Crippen LogP contribution in [0, 0.1) is 0 Å². The van der Waals surface area contributed by atoms with Crippen LogP contribution in [0.4, 0.5) is 5.69 Å². The summed E-state index contributed by atoms with van der Waals surface area (Å²) < 4.78 is 0. The van der Waals surface area contributed by atoms with Gasteiger partial charge in [-0.05, 0) is 13.0 Å². The number of thioether (sulfide) groups is 1. The highest BCUT2D eigenvalue weighted by Gasteiger charge is 2.14. The molecule has 0 radical (unpaired) electrons. The maximum Gasteiger partial charge on any atom is 0.0714 e. The molecule has 0 saturated heterocycles. The van der Waals surface area contributed by atoms with Crippen LogP contribution < -0.4 is 5.73 Å². The highest BCUT2D eigenvalue weighted by Crippen LogP contribution is 2.35. The van der Waals surface area contributed by atoms with Crippen molar-refractivity contribution in [1.82, 2.24) is 4.98 Å². The molecule has 0 bridgehead atoms. The molecular weight excluding hydrogens is 232 g/mol. The Morgan fingerprint density at radius 3 is 2.71 bits per heavy atom. The Balaban J connectivity index is 2.48. The number of nitrogens with two attached hydrogens (primary N) is 1. The normalized spacial score (nSPS) is 14.8. The molecule has 0 fully saturated rings. The lowest BCUT2D eigenvalue weighted by Crippen LogP contribution is -2.15. The minimum atomic E-state index is -0.369. The molecule has 2 unspecified atom stereocenters. The van der Waals surface area contributed by atoms with E-state index in [1.165, 1.54) is 0 Å². The van der Waals surface area contributed by atoms with Crippen molar-refractivity contribution in [1.29, 1.82) is 0 Å². The summed E-state index contributed by atoms with van der Waals surface area (Å²) in [6.45, 7) is 3.78. The van der Waals surface area contributed by atoms with Gasteiger partial charge in [0.15, 0.2) is 0 Å². The van der Waals surface area contributed by atoms with E-state index in [9.17, 15) is 5.11 Å². The standard InChI is InChI=1S/C13H16N2OS/c1-8(16)9(2)17-13-10-5-3-4-6-12(10)15-7-11(13)14/h3-9,16H,14H2,1-2H3. The number of hydrogen-bond acceptors (Lipinski definition) is 4. The number of para-hydroxylation sites is 1. The Morgan fingerprint density at radius 1 is 1.29 bits per heavy atom. The van der Waals surface area contributed by atoms with Gasteiger partial charge in [0, 0.05) is 15.5 Å². The molecule has 1 heterocycles. The molecule has 0 aliphatic rings. The van der Waals surface area contributed by atoms with Gasteiger partial charge in [-0.15, -0.1) is 11.8 Å². The van der Waals surface area contributed by atoms with Gasteiger partial charge in [-0.25, -0.2) is 0 Å². The first-order valence-electron chi connectivity index (χ1n) is 5.57. The van der Waals surface area contributed by atoms with Gasteiger partial charge in [0.05, 0.1) is 23.5 Å². The fraction of sp³-hybridized carbons (Fsp3) is 0.308. The number of nitrogen functional groups attached to an aromatic ring is 1. The molecule has 0 amide bonds. The predicted molar refractivity (Wildman–Crippen MR) is 73.2 cm³/mol. The van der Waals surface area contributed by atoms with Crippen LogP contribution in [-0.2, 0) is 0 Å². The summed E-state index contributed by atoms with van der Waals surface area (Å²) in [4.78, 5) is 5.30. The molecule has 2 atom stereocenters. The summed E-state index contributed by atoms with van der Waals surface area (Å²) in [6.07, 6.45) is 1.31. The van der Waals surface area contributed by atoms with E-state index in [4.69, 9.17) is 5.73 Å². The van der Waals surface area contributed by atoms with Crippen LogP contribution in [0.15, 0.2) is 35.4 Å². The van der Waals surface area contributed by atoms with E-state index >= 15 is 0 Å². The van der Waals surface area contributed by atoms with Gasteiger partial charge in [0.2, 0.25) is 0 Å². The fourth-order valence-corrected chi connectivity index (χ4v) is 2.60. The van der Waals surface area contributed by atoms with E-state index in [1.807, 2.05) is 31.2 Å². The van der Waals surface area contributed by atoms with Crippen LogP contribution in [0.3, 0.4) is 0 Å². The highest BCUT2D eigenvalue weighted by atomic mass is 32.2. The first-order valence-corrected chi connectivity index (χ1v) is 6.45. The Morgan fingerprint density at radius 2 is 2.00 bits per heavy atom. The SMILES string of the molecule is CC(O)C(C)Sc1c(N)cnc2ccccc12. The molecule has 2 rings (SSSR count). The lowest BCUT2D eigenvalue weighted by molar-refractivity contribution is 0.196. The van der Waals surface area contributed by atoms with Crippen molar-refractivity contribution in [3.8, 4) is 0 Å². The molecule has 17 heavy (non-hydrogen) atoms. The molecule has 2 aromatic rings. The summed E-state index contributed by atoms with van der Waals surface area (Å²) in [5, 5.41) is 10.7. The van der Waals surface area contributed by atoms with Crippen molar-refractivity contribution in [2.45, 2.75) is 30.1 Å². The van der Waals surface area contributed by atoms with E-state index in [-0.39, 0.29) is 11.4 Å². The van der Waals surface area contributed by atoms with Gasteiger partial charge >= 0.3 is 0 Å². The quantitative estimate of drug-likeness (QED) is 0.820. The third kappa shape index (κ3) is 2.53. The molecule has 1 aromatic heterocycles. The Kier molecular flexibility index (Phi) is 3.54. The first kappa shape index (κ1) is 12.2. The molecule has 4 heteroatoms. The Bertz CT molecular complexity index is 528. The minimum absolute atomic E-state index is 0.100. The van der Waals surface area contributed by atoms with Crippen molar-refractivity contribution in [2.24, 2.45) is 0 Å². The fourth-order valence-electron chi connectivity index (χ4n) is 1.55. The summed E-state index contributed by atoms with van der Waals surface area (Å²) in [5.74, 6) is 0. The van der Waals surface area contributed by atoms with Gasteiger partial charge in [-0.2, -0.15) is 0 Å². The molecule has 90 valence electrons. The van der Waals surface area contributed by atoms with Gasteiger partial charge < -0.3 is 10.8 Å². The number of aromatic nitrogens is 1. The van der Waals surface area contributed by atoms with Crippen LogP contribution in [0.25, 0.3) is 10.9 Å².